The Kier molecular flexibility index (Phi) is 32.6. The lowest BCUT2D eigenvalue weighted by Gasteiger charge is -2.48. The van der Waals surface area contributed by atoms with Crippen LogP contribution in [0.15, 0.2) is 152 Å². The molecular formula is C97H150N10O3. The third kappa shape index (κ3) is 23.1. The van der Waals surface area contributed by atoms with Crippen molar-refractivity contribution in [1.29, 1.82) is 0 Å². The topological polar surface area (TPSA) is 106 Å². The Hall–Kier alpha value is -6.06. The summed E-state index contributed by atoms with van der Waals surface area (Å²) in [6, 6.07) is 53.4. The van der Waals surface area contributed by atoms with Crippen molar-refractivity contribution in [2.24, 2.45) is 22.7 Å². The van der Waals surface area contributed by atoms with Gasteiger partial charge in [0.1, 0.15) is 24.0 Å². The van der Waals surface area contributed by atoms with Crippen molar-refractivity contribution in [2.75, 3.05) is 83.9 Å². The lowest BCUT2D eigenvalue weighted by Crippen LogP contribution is -2.49. The molecule has 8 heterocycles. The predicted molar refractivity (Wildman–Crippen MR) is 461 cm³/mol. The molecule has 1 saturated carbocycles. The Morgan fingerprint density at radius 1 is 0.509 bits per heavy atom. The second-order valence-electron chi connectivity index (χ2n) is 37.4. The Morgan fingerprint density at radius 2 is 0.964 bits per heavy atom. The van der Waals surface area contributed by atoms with E-state index in [1.165, 1.54) is 151 Å². The number of Topliss-reactive ketones (excluding diaryl/α,β-unsaturated/α-hetero) is 1. The minimum atomic E-state index is -0.435. The highest BCUT2D eigenvalue weighted by Gasteiger charge is 2.47. The van der Waals surface area contributed by atoms with E-state index in [-0.39, 0.29) is 16.9 Å². The minimum Gasteiger partial charge on any atom is -0.438 e. The first-order valence-electron chi connectivity index (χ1n) is 43.7. The first-order valence-corrected chi connectivity index (χ1v) is 43.7. The third-order valence-electron chi connectivity index (χ3n) is 27.3. The number of anilines is 1. The zero-order valence-corrected chi connectivity index (χ0v) is 72.2. The number of rotatable bonds is 16. The van der Waals surface area contributed by atoms with Crippen LogP contribution in [-0.4, -0.2) is 171 Å². The van der Waals surface area contributed by atoms with Crippen LogP contribution in [0, 0.1) is 29.6 Å². The lowest BCUT2D eigenvalue weighted by molar-refractivity contribution is -0.126. The molecule has 1 aromatic heterocycles. The molecule has 6 saturated heterocycles. The number of ketones is 1. The molecular weight excluding hydrogens is 1350 g/mol. The van der Waals surface area contributed by atoms with Crippen molar-refractivity contribution in [3.63, 3.8) is 0 Å². The molecule has 13 nitrogen and oxygen atoms in total. The summed E-state index contributed by atoms with van der Waals surface area (Å²) in [7, 11) is 0. The summed E-state index contributed by atoms with van der Waals surface area (Å²) in [6.45, 7) is 56.0. The monoisotopic (exact) mass is 1500 g/mol. The Balaban J connectivity index is 0.000000153. The number of hydrogen-bond donors (Lipinski definition) is 1. The van der Waals surface area contributed by atoms with Crippen LogP contribution in [0.2, 0.25) is 0 Å². The smallest absolute Gasteiger partial charge is 0.412 e. The number of likely N-dealkylation sites (tertiary alicyclic amines) is 6. The van der Waals surface area contributed by atoms with Crippen molar-refractivity contribution in [2.45, 2.75) is 305 Å². The van der Waals surface area contributed by atoms with E-state index in [9.17, 15) is 9.59 Å². The molecule has 1 amide bonds. The van der Waals surface area contributed by atoms with Gasteiger partial charge in [0.2, 0.25) is 0 Å². The molecule has 7 fully saturated rings. The molecule has 0 radical (unpaired) electrons. The molecule has 7 aliphatic heterocycles. The van der Waals surface area contributed by atoms with E-state index in [1.54, 1.807) is 6.33 Å². The van der Waals surface area contributed by atoms with Gasteiger partial charge in [-0.05, 0) is 276 Å². The van der Waals surface area contributed by atoms with E-state index in [2.05, 4.69) is 295 Å². The highest BCUT2D eigenvalue weighted by molar-refractivity contribution is 5.90. The van der Waals surface area contributed by atoms with Gasteiger partial charge in [0.25, 0.3) is 0 Å². The zero-order valence-electron chi connectivity index (χ0n) is 72.2. The molecule has 1 N–H and O–H groups in total. The number of hydrogen-bond acceptors (Lipinski definition) is 11. The number of fused-ring (bicyclic) bond motifs is 2. The summed E-state index contributed by atoms with van der Waals surface area (Å²) < 4.78 is 7.83. The molecule has 1 unspecified atom stereocenters. The fourth-order valence-corrected chi connectivity index (χ4v) is 19.7. The van der Waals surface area contributed by atoms with Gasteiger partial charge in [0.05, 0.1) is 11.1 Å². The maximum absolute atomic E-state index is 12.8. The van der Waals surface area contributed by atoms with Gasteiger partial charge in [-0.3, -0.25) is 19.7 Å². The Bertz CT molecular complexity index is 3570. The van der Waals surface area contributed by atoms with Crippen molar-refractivity contribution < 1.29 is 14.3 Å². The highest BCUT2D eigenvalue weighted by Crippen LogP contribution is 2.49. The van der Waals surface area contributed by atoms with Gasteiger partial charge < -0.3 is 29.2 Å². The Labute approximate surface area is 669 Å². The number of ether oxygens (including phenoxy) is 1. The molecule has 0 bridgehead atoms. The molecule has 1 aliphatic carbocycles. The molecule has 5 aromatic carbocycles. The number of piperidine rings is 5. The van der Waals surface area contributed by atoms with Gasteiger partial charge in [0.15, 0.2) is 0 Å². The summed E-state index contributed by atoms with van der Waals surface area (Å²) >= 11 is 0. The number of carbonyl (C=O) groups is 2. The van der Waals surface area contributed by atoms with Crippen LogP contribution in [0.4, 0.5) is 10.5 Å². The van der Waals surface area contributed by atoms with E-state index in [1.807, 2.05) is 24.5 Å². The van der Waals surface area contributed by atoms with Crippen LogP contribution in [0.1, 0.15) is 267 Å². The standard InChI is InChI=1S/C19H23N.C18H27NO.C17H30N4.C16H22N2O2.C15H23N.C12H25N/c1-16(2)20-14-13-19(15-20,17-9-5-3-6-10-17)18-11-7-4-8-12-18;1-4-8-17(20)18(16-9-6-5-7-10-16)11-13-19(14-12-18)15(2)3;1-15(2)20-10-8-17(9-11-20,12-21-14-18-13-19-21)16-6-4-3-5-7-16;1-11(2)18-8-6-16(7-9-18)13-10-12(3)4-5-14(13)17-15(19)20-16;1-13(2)16-11-7-10-15(3,12-16)14-8-5-4-6-9-14;1-10(2)13-8-6-11(7-9-13)12(3,4)5/h3-12,16H,13-15H2,1-2H3;5-7,9-10,15H,4,8,11-14H2,1-3H3;13-16H,3-12H2,1-2H3;4-5,10-11H,6-9H2,1-3H3,(H,17,19);4-6,8-9,13H,7,10-12H2,1-3H3;10-11H,6-9H2,1-5H3. The maximum Gasteiger partial charge on any atom is 0.412 e. The number of benzene rings is 5. The van der Waals surface area contributed by atoms with Gasteiger partial charge in [-0.1, -0.05) is 187 Å². The molecule has 14 rings (SSSR count). The van der Waals surface area contributed by atoms with E-state index < -0.39 is 5.60 Å². The molecule has 606 valence electrons. The van der Waals surface area contributed by atoms with Crippen LogP contribution in [0.5, 0.6) is 0 Å². The largest absolute Gasteiger partial charge is 0.438 e. The molecule has 110 heavy (non-hydrogen) atoms. The van der Waals surface area contributed by atoms with Crippen LogP contribution >= 0.6 is 0 Å². The van der Waals surface area contributed by atoms with Crippen molar-refractivity contribution in [3.05, 3.63) is 186 Å². The second kappa shape index (κ2) is 40.8. The fourth-order valence-electron chi connectivity index (χ4n) is 19.7. The average Bonchev–Trinajstić information content (AvgIpc) is 1.01. The SMILES string of the molecule is CC(C)N1CCC(C(C)(C)C)CC1.CC(C)N1CCC(Cn2cncn2)(C2CCCCC2)CC1.CC(C)N1CCC(c2ccccc2)(c2ccccc2)C1.CC(C)N1CCCC(C)(c2ccccc2)C1.CCCC(=O)C1(c2ccccc2)CCN(C(C)C)CC1.Cc1ccc2c(c1)C1(CCN(C(C)C)CC1)OC(=O)N2. The van der Waals surface area contributed by atoms with Crippen LogP contribution in [-0.2, 0) is 37.9 Å². The fraction of sp³-hybridized carbons (Fsp3) is 0.649. The van der Waals surface area contributed by atoms with Crippen molar-refractivity contribution in [1.82, 2.24) is 44.2 Å². The predicted octanol–water partition coefficient (Wildman–Crippen LogP) is 21.1. The van der Waals surface area contributed by atoms with Gasteiger partial charge in [-0.2, -0.15) is 5.10 Å². The van der Waals surface area contributed by atoms with Crippen LogP contribution in [0.3, 0.4) is 0 Å². The van der Waals surface area contributed by atoms with E-state index in [0.717, 1.165) is 101 Å². The molecule has 6 aromatic rings. The summed E-state index contributed by atoms with van der Waals surface area (Å²) in [5.41, 5.74) is 9.70. The summed E-state index contributed by atoms with van der Waals surface area (Å²) in [6.07, 6.45) is 25.0. The summed E-state index contributed by atoms with van der Waals surface area (Å²) in [5.74, 6) is 2.27. The average molecular weight is 1500 g/mol. The number of aromatic nitrogens is 3. The minimum absolute atomic E-state index is 0.160. The lowest BCUT2D eigenvalue weighted by atomic mass is 9.63. The molecule has 1 atom stereocenters. The highest BCUT2D eigenvalue weighted by atomic mass is 16.6. The summed E-state index contributed by atoms with van der Waals surface area (Å²) in [4.78, 5) is 44.2. The van der Waals surface area contributed by atoms with Gasteiger partial charge in [-0.15, -0.1) is 0 Å². The number of nitrogens with one attached hydrogen (secondary N) is 1. The number of nitrogens with zero attached hydrogens (tertiary/aromatic N) is 9. The van der Waals surface area contributed by atoms with Crippen LogP contribution in [0.25, 0.3) is 0 Å². The van der Waals surface area contributed by atoms with E-state index >= 15 is 0 Å². The number of aryl methyl sites for hydroxylation is 1. The summed E-state index contributed by atoms with van der Waals surface area (Å²) in [5, 5.41) is 7.21. The second-order valence-corrected chi connectivity index (χ2v) is 37.4. The number of amides is 1. The van der Waals surface area contributed by atoms with Crippen molar-refractivity contribution >= 4 is 17.6 Å². The van der Waals surface area contributed by atoms with Gasteiger partial charge >= 0.3 is 6.09 Å². The van der Waals surface area contributed by atoms with Gasteiger partial charge in [-0.25, -0.2) is 9.78 Å². The van der Waals surface area contributed by atoms with E-state index in [4.69, 9.17) is 4.74 Å². The van der Waals surface area contributed by atoms with Gasteiger partial charge in [0, 0.05) is 105 Å². The normalized spacial score (nSPS) is 22.1. The molecule has 8 aliphatic rings. The quantitative estimate of drug-likeness (QED) is 0.100. The third-order valence-corrected chi connectivity index (χ3v) is 27.3. The van der Waals surface area contributed by atoms with Crippen LogP contribution < -0.4 is 5.32 Å². The zero-order chi connectivity index (χ0) is 79.3. The molecule has 13 heteroatoms. The first kappa shape index (κ1) is 87.9. The van der Waals surface area contributed by atoms with Crippen molar-refractivity contribution in [3.8, 4) is 0 Å². The Morgan fingerprint density at radius 3 is 1.43 bits per heavy atom. The number of carbonyl (C=O) groups excluding carboxylic acids is 2. The maximum atomic E-state index is 12.8. The molecule has 1 spiro atoms. The first-order chi connectivity index (χ1) is 52.5. The van der Waals surface area contributed by atoms with E-state index in [0.29, 0.717) is 58.7 Å².